The van der Waals surface area contributed by atoms with E-state index in [1.165, 1.54) is 37.7 Å². The minimum absolute atomic E-state index is 0.196. The number of hydrogen-bond donors (Lipinski definition) is 1. The van der Waals surface area contributed by atoms with Crippen molar-refractivity contribution in [2.45, 2.75) is 90.8 Å². The highest BCUT2D eigenvalue weighted by atomic mass is 16.2. The van der Waals surface area contributed by atoms with Gasteiger partial charge >= 0.3 is 0 Å². The fourth-order valence-corrected chi connectivity index (χ4v) is 4.72. The first-order valence-electron chi connectivity index (χ1n) is 9.92. The summed E-state index contributed by atoms with van der Waals surface area (Å²) in [5.74, 6) is 1.84. The first-order valence-corrected chi connectivity index (χ1v) is 9.92. The molecule has 0 aromatic heterocycles. The maximum absolute atomic E-state index is 12.9. The van der Waals surface area contributed by atoms with Crippen LogP contribution < -0.4 is 5.32 Å². The van der Waals surface area contributed by atoms with Crippen LogP contribution in [0, 0.1) is 11.8 Å². The van der Waals surface area contributed by atoms with Crippen molar-refractivity contribution < 1.29 is 4.79 Å². The van der Waals surface area contributed by atoms with E-state index in [2.05, 4.69) is 31.0 Å². The number of carbonyl (C=O) groups is 1. The minimum atomic E-state index is 0.196. The number of rotatable bonds is 5. The molecule has 0 spiro atoms. The second-order valence-corrected chi connectivity index (χ2v) is 8.01. The molecule has 1 amide bonds. The number of nitrogens with zero attached hydrogens (tertiary/aromatic N) is 1. The van der Waals surface area contributed by atoms with Gasteiger partial charge in [0.15, 0.2) is 0 Å². The van der Waals surface area contributed by atoms with Crippen LogP contribution in [-0.4, -0.2) is 29.6 Å². The normalized spacial score (nSPS) is 34.9. The smallest absolute Gasteiger partial charge is 0.251 e. The van der Waals surface area contributed by atoms with E-state index in [9.17, 15) is 4.79 Å². The van der Waals surface area contributed by atoms with Gasteiger partial charge in [-0.2, -0.15) is 0 Å². The third-order valence-corrected chi connectivity index (χ3v) is 6.50. The highest BCUT2D eigenvalue weighted by molar-refractivity contribution is 5.97. The van der Waals surface area contributed by atoms with Gasteiger partial charge in [-0.15, -0.1) is 0 Å². The van der Waals surface area contributed by atoms with Crippen LogP contribution in [0.15, 0.2) is 11.1 Å². The van der Waals surface area contributed by atoms with E-state index in [-0.39, 0.29) is 6.17 Å². The maximum atomic E-state index is 12.9. The Hall–Kier alpha value is -0.830. The van der Waals surface area contributed by atoms with Gasteiger partial charge in [-0.1, -0.05) is 40.0 Å². The van der Waals surface area contributed by atoms with Crippen molar-refractivity contribution in [3.8, 4) is 0 Å². The molecule has 0 aromatic carbocycles. The standard InChI is InChI=1S/C20H34N2O/c1-4-5-13-22-19(16-10-6-7-11-17(16)20(22)23)21-18-12-8-9-14(2)15(18)3/h14-15,18-19,21H,4-13H2,1-3H3/t14-,15+,18-,19-/m1/s1. The van der Waals surface area contributed by atoms with Crippen molar-refractivity contribution >= 4 is 5.91 Å². The lowest BCUT2D eigenvalue weighted by molar-refractivity contribution is -0.127. The summed E-state index contributed by atoms with van der Waals surface area (Å²) < 4.78 is 0. The van der Waals surface area contributed by atoms with E-state index >= 15 is 0 Å². The Bertz CT molecular complexity index is 470. The summed E-state index contributed by atoms with van der Waals surface area (Å²) in [7, 11) is 0. The van der Waals surface area contributed by atoms with Gasteiger partial charge in [0.05, 0.1) is 0 Å². The Morgan fingerprint density at radius 2 is 1.91 bits per heavy atom. The van der Waals surface area contributed by atoms with Crippen molar-refractivity contribution in [2.75, 3.05) is 6.54 Å². The molecular formula is C20H34N2O. The molecule has 0 bridgehead atoms. The van der Waals surface area contributed by atoms with Crippen LogP contribution in [0.25, 0.3) is 0 Å². The molecule has 3 rings (SSSR count). The summed E-state index contributed by atoms with van der Waals surface area (Å²) >= 11 is 0. The lowest BCUT2D eigenvalue weighted by atomic mass is 9.77. The molecule has 0 saturated heterocycles. The van der Waals surface area contributed by atoms with Crippen molar-refractivity contribution in [1.29, 1.82) is 0 Å². The fourth-order valence-electron chi connectivity index (χ4n) is 4.72. The molecule has 1 saturated carbocycles. The Balaban J connectivity index is 1.77. The Morgan fingerprint density at radius 3 is 2.70 bits per heavy atom. The highest BCUT2D eigenvalue weighted by Gasteiger charge is 2.41. The monoisotopic (exact) mass is 318 g/mol. The van der Waals surface area contributed by atoms with Crippen LogP contribution in [0.1, 0.15) is 78.6 Å². The molecule has 1 N–H and O–H groups in total. The third-order valence-electron chi connectivity index (χ3n) is 6.50. The van der Waals surface area contributed by atoms with Crippen molar-refractivity contribution in [3.63, 3.8) is 0 Å². The van der Waals surface area contributed by atoms with E-state index in [1.54, 1.807) is 0 Å². The second kappa shape index (κ2) is 7.38. The van der Waals surface area contributed by atoms with E-state index in [4.69, 9.17) is 0 Å². The van der Waals surface area contributed by atoms with E-state index in [1.807, 2.05) is 0 Å². The summed E-state index contributed by atoms with van der Waals surface area (Å²) in [6.45, 7) is 7.90. The second-order valence-electron chi connectivity index (χ2n) is 8.01. The molecule has 1 aliphatic heterocycles. The fraction of sp³-hybridized carbons (Fsp3) is 0.850. The average Bonchev–Trinajstić information content (AvgIpc) is 2.82. The topological polar surface area (TPSA) is 32.3 Å². The van der Waals surface area contributed by atoms with E-state index in [0.29, 0.717) is 17.9 Å². The third kappa shape index (κ3) is 3.35. The molecule has 0 radical (unpaired) electrons. The summed E-state index contributed by atoms with van der Waals surface area (Å²) in [6, 6.07) is 0.564. The SMILES string of the molecule is CCCCN1C(=O)C2=C(CCCC2)[C@@H]1N[C@@H]1CCC[C@@H](C)[C@@H]1C. The Kier molecular flexibility index (Phi) is 5.45. The molecule has 3 aliphatic rings. The number of amides is 1. The van der Waals surface area contributed by atoms with Crippen molar-refractivity contribution in [1.82, 2.24) is 10.2 Å². The molecule has 0 unspecified atom stereocenters. The van der Waals surface area contributed by atoms with Crippen LogP contribution >= 0.6 is 0 Å². The quantitative estimate of drug-likeness (QED) is 0.822. The predicted molar refractivity (Wildman–Crippen MR) is 95.0 cm³/mol. The molecule has 3 nitrogen and oxygen atoms in total. The van der Waals surface area contributed by atoms with Crippen LogP contribution in [0.4, 0.5) is 0 Å². The molecule has 1 heterocycles. The molecule has 2 aliphatic carbocycles. The average molecular weight is 319 g/mol. The van der Waals surface area contributed by atoms with Gasteiger partial charge in [-0.3, -0.25) is 10.1 Å². The van der Waals surface area contributed by atoms with Crippen LogP contribution in [0.3, 0.4) is 0 Å². The number of carbonyl (C=O) groups excluding carboxylic acids is 1. The largest absolute Gasteiger partial charge is 0.319 e. The molecule has 3 heteroatoms. The minimum Gasteiger partial charge on any atom is -0.319 e. The lowest BCUT2D eigenvalue weighted by Gasteiger charge is -2.39. The first kappa shape index (κ1) is 17.0. The number of nitrogens with one attached hydrogen (secondary N) is 1. The van der Waals surface area contributed by atoms with Crippen LogP contribution in [0.5, 0.6) is 0 Å². The Morgan fingerprint density at radius 1 is 1.13 bits per heavy atom. The van der Waals surface area contributed by atoms with Gasteiger partial charge in [-0.25, -0.2) is 0 Å². The predicted octanol–water partition coefficient (Wildman–Crippen LogP) is 4.24. The molecule has 23 heavy (non-hydrogen) atoms. The van der Waals surface area contributed by atoms with Gasteiger partial charge in [0.2, 0.25) is 0 Å². The molecule has 0 aromatic rings. The number of unbranched alkanes of at least 4 members (excludes halogenated alkanes) is 1. The summed E-state index contributed by atoms with van der Waals surface area (Å²) in [5.41, 5.74) is 2.59. The van der Waals surface area contributed by atoms with Crippen molar-refractivity contribution in [2.24, 2.45) is 11.8 Å². The lowest BCUT2D eigenvalue weighted by Crippen LogP contribution is -2.53. The van der Waals surface area contributed by atoms with Gasteiger partial charge < -0.3 is 4.90 Å². The first-order chi connectivity index (χ1) is 11.1. The van der Waals surface area contributed by atoms with E-state index in [0.717, 1.165) is 43.7 Å². The Labute approximate surface area is 141 Å². The van der Waals surface area contributed by atoms with Gasteiger partial charge in [0, 0.05) is 18.2 Å². The number of hydrogen-bond acceptors (Lipinski definition) is 2. The summed E-state index contributed by atoms with van der Waals surface area (Å²) in [4.78, 5) is 15.0. The highest BCUT2D eigenvalue weighted by Crippen LogP contribution is 2.37. The molecule has 1 fully saturated rings. The summed E-state index contributed by atoms with van der Waals surface area (Å²) in [6.07, 6.45) is 11.0. The molecule has 4 atom stereocenters. The van der Waals surface area contributed by atoms with Gasteiger partial charge in [-0.05, 0) is 55.9 Å². The van der Waals surface area contributed by atoms with Crippen LogP contribution in [0.2, 0.25) is 0 Å². The van der Waals surface area contributed by atoms with Gasteiger partial charge in [0.25, 0.3) is 5.91 Å². The maximum Gasteiger partial charge on any atom is 0.251 e. The van der Waals surface area contributed by atoms with Gasteiger partial charge in [0.1, 0.15) is 6.17 Å². The van der Waals surface area contributed by atoms with E-state index < -0.39 is 0 Å². The van der Waals surface area contributed by atoms with Crippen LogP contribution in [-0.2, 0) is 4.79 Å². The molecular weight excluding hydrogens is 284 g/mol. The zero-order valence-corrected chi connectivity index (χ0v) is 15.2. The zero-order chi connectivity index (χ0) is 16.4. The zero-order valence-electron chi connectivity index (χ0n) is 15.2. The molecule has 130 valence electrons. The summed E-state index contributed by atoms with van der Waals surface area (Å²) in [5, 5.41) is 3.93. The van der Waals surface area contributed by atoms with Crippen molar-refractivity contribution in [3.05, 3.63) is 11.1 Å².